The third kappa shape index (κ3) is 2.58. The van der Waals surface area contributed by atoms with Gasteiger partial charge in [0.2, 0.25) is 0 Å². The minimum atomic E-state index is 0.00937. The van der Waals surface area contributed by atoms with Crippen molar-refractivity contribution in [2.24, 2.45) is 16.1 Å². The summed E-state index contributed by atoms with van der Waals surface area (Å²) in [4.78, 5) is 22.4. The largest absolute Gasteiger partial charge is 0.323 e. The van der Waals surface area contributed by atoms with Crippen LogP contribution >= 0.6 is 11.3 Å². The van der Waals surface area contributed by atoms with E-state index in [1.54, 1.807) is 16.8 Å². The first-order valence-corrected chi connectivity index (χ1v) is 8.07. The highest BCUT2D eigenvalue weighted by Crippen LogP contribution is 2.34. The number of carbonyl (C=O) groups is 1. The Morgan fingerprint density at radius 2 is 2.38 bits per heavy atom. The van der Waals surface area contributed by atoms with E-state index in [9.17, 15) is 4.79 Å². The van der Waals surface area contributed by atoms with E-state index in [-0.39, 0.29) is 12.3 Å². The molecule has 0 spiro atoms. The molecule has 0 aliphatic heterocycles. The van der Waals surface area contributed by atoms with Crippen LogP contribution in [0.1, 0.15) is 34.5 Å². The number of nitrogens with two attached hydrogens (primary N) is 1. The summed E-state index contributed by atoms with van der Waals surface area (Å²) in [6.45, 7) is 1.90. The van der Waals surface area contributed by atoms with Crippen LogP contribution in [0.25, 0.3) is 16.1 Å². The van der Waals surface area contributed by atoms with Crippen molar-refractivity contribution in [1.82, 2.24) is 14.4 Å². The van der Waals surface area contributed by atoms with E-state index in [1.807, 2.05) is 19.1 Å². The molecule has 9 heteroatoms. The zero-order chi connectivity index (χ0) is 17.1. The van der Waals surface area contributed by atoms with Gasteiger partial charge in [-0.25, -0.2) is 10.5 Å². The van der Waals surface area contributed by atoms with Crippen LogP contribution in [0, 0.1) is 5.53 Å². The monoisotopic (exact) mass is 341 g/mol. The summed E-state index contributed by atoms with van der Waals surface area (Å²) in [5, 5.41) is 7.01. The number of nitrogens with one attached hydrogen (secondary N) is 1. The maximum Gasteiger partial charge on any atom is 0.174 e. The zero-order valence-corrected chi connectivity index (χ0v) is 13.7. The Morgan fingerprint density at radius 1 is 1.54 bits per heavy atom. The number of aromatic nitrogens is 3. The molecule has 122 valence electrons. The number of rotatable bonds is 6. The van der Waals surface area contributed by atoms with Crippen LogP contribution in [0.3, 0.4) is 0 Å². The van der Waals surface area contributed by atoms with Gasteiger partial charge in [-0.3, -0.25) is 14.2 Å². The predicted molar refractivity (Wildman–Crippen MR) is 91.6 cm³/mol. The van der Waals surface area contributed by atoms with E-state index in [1.165, 1.54) is 17.6 Å². The topological polar surface area (TPSA) is 122 Å². The number of hydrogen-bond donors (Lipinski definition) is 2. The molecular formula is C15H15N7OS. The average Bonchev–Trinajstić information content (AvgIpc) is 3.14. The Morgan fingerprint density at radius 3 is 3.00 bits per heavy atom. The summed E-state index contributed by atoms with van der Waals surface area (Å²) in [6.07, 6.45) is 5.20. The van der Waals surface area contributed by atoms with Crippen LogP contribution in [0.4, 0.5) is 0 Å². The highest BCUT2D eigenvalue weighted by molar-refractivity contribution is 7.20. The number of hydrogen-bond acceptors (Lipinski definition) is 8. The summed E-state index contributed by atoms with van der Waals surface area (Å²) in [5.41, 5.74) is 9.37. The smallest absolute Gasteiger partial charge is 0.174 e. The Hall–Kier alpha value is -2.94. The summed E-state index contributed by atoms with van der Waals surface area (Å²) in [6, 6.07) is 3.72. The highest BCUT2D eigenvalue weighted by atomic mass is 32.1. The molecule has 0 bridgehead atoms. The van der Waals surface area contributed by atoms with Crippen molar-refractivity contribution in [3.8, 4) is 11.3 Å². The number of pyridine rings is 1. The molecular weight excluding hydrogens is 326 g/mol. The summed E-state index contributed by atoms with van der Waals surface area (Å²) in [5.74, 6) is 5.80. The molecule has 0 fully saturated rings. The SMILES string of the molecule is CCC(=O)c1sc2c(-c3cccnc3)nc(C=NN)n2c1CN=N. The Bertz CT molecular complexity index is 926. The standard InChI is InChI=1S/C15H15N7OS/c1-2-11(23)14-10(7-19-16)22-12(8-20-17)21-13(15(22)24-14)9-4-3-5-18-6-9/h3-6,8,16H,2,7,17H2,1H3. The second-order valence-electron chi connectivity index (χ2n) is 4.95. The Balaban J connectivity index is 2.36. The maximum atomic E-state index is 12.3. The fraction of sp³-hybridized carbons (Fsp3) is 0.200. The number of fused-ring (bicyclic) bond motifs is 1. The lowest BCUT2D eigenvalue weighted by Gasteiger charge is -2.00. The van der Waals surface area contributed by atoms with Gasteiger partial charge in [-0.1, -0.05) is 6.92 Å². The minimum Gasteiger partial charge on any atom is -0.323 e. The van der Waals surface area contributed by atoms with Crippen molar-refractivity contribution in [2.45, 2.75) is 19.9 Å². The van der Waals surface area contributed by atoms with Gasteiger partial charge in [0, 0.05) is 24.4 Å². The lowest BCUT2D eigenvalue weighted by molar-refractivity contribution is 0.0991. The molecule has 3 aromatic heterocycles. The minimum absolute atomic E-state index is 0.00937. The Kier molecular flexibility index (Phi) is 4.43. The van der Waals surface area contributed by atoms with Crippen LogP contribution in [0.15, 0.2) is 34.7 Å². The average molecular weight is 341 g/mol. The summed E-state index contributed by atoms with van der Waals surface area (Å²) < 4.78 is 1.80. The van der Waals surface area contributed by atoms with Crippen LogP contribution in [-0.2, 0) is 6.54 Å². The molecule has 0 atom stereocenters. The molecule has 0 aromatic carbocycles. The molecule has 0 amide bonds. The fourth-order valence-electron chi connectivity index (χ4n) is 2.47. The number of nitrogens with zero attached hydrogens (tertiary/aromatic N) is 5. The van der Waals surface area contributed by atoms with E-state index in [2.05, 4.69) is 20.2 Å². The first kappa shape index (κ1) is 15.9. The third-order valence-corrected chi connectivity index (χ3v) is 4.76. The number of ketones is 1. The molecule has 0 aliphatic rings. The molecule has 8 nitrogen and oxygen atoms in total. The van der Waals surface area contributed by atoms with Crippen molar-refractivity contribution < 1.29 is 4.79 Å². The second-order valence-corrected chi connectivity index (χ2v) is 5.95. The van der Waals surface area contributed by atoms with Gasteiger partial charge in [0.1, 0.15) is 17.1 Å². The fourth-order valence-corrected chi connectivity index (χ4v) is 3.75. The first-order valence-electron chi connectivity index (χ1n) is 7.25. The van der Waals surface area contributed by atoms with E-state index in [0.717, 1.165) is 10.4 Å². The zero-order valence-electron chi connectivity index (χ0n) is 12.9. The normalized spacial score (nSPS) is 11.4. The molecule has 24 heavy (non-hydrogen) atoms. The van der Waals surface area contributed by atoms with Crippen molar-refractivity contribution in [3.05, 3.63) is 40.9 Å². The van der Waals surface area contributed by atoms with E-state index in [4.69, 9.17) is 11.4 Å². The van der Waals surface area contributed by atoms with Crippen molar-refractivity contribution in [3.63, 3.8) is 0 Å². The van der Waals surface area contributed by atoms with Crippen LogP contribution in [0.2, 0.25) is 0 Å². The van der Waals surface area contributed by atoms with Crippen molar-refractivity contribution in [1.29, 1.82) is 5.53 Å². The lowest BCUT2D eigenvalue weighted by Crippen LogP contribution is -2.04. The van der Waals surface area contributed by atoms with E-state index in [0.29, 0.717) is 28.5 Å². The van der Waals surface area contributed by atoms with Gasteiger partial charge in [-0.15, -0.1) is 11.3 Å². The number of carbonyl (C=O) groups excluding carboxylic acids is 1. The van der Waals surface area contributed by atoms with Gasteiger partial charge in [-0.2, -0.15) is 10.2 Å². The number of hydrazone groups is 1. The number of imidazole rings is 1. The maximum absolute atomic E-state index is 12.3. The quantitative estimate of drug-likeness (QED) is 0.235. The van der Waals surface area contributed by atoms with Crippen LogP contribution in [-0.4, -0.2) is 26.4 Å². The van der Waals surface area contributed by atoms with Gasteiger partial charge < -0.3 is 5.84 Å². The summed E-state index contributed by atoms with van der Waals surface area (Å²) in [7, 11) is 0. The Labute approximate surface area is 141 Å². The second kappa shape index (κ2) is 6.67. The lowest BCUT2D eigenvalue weighted by atomic mass is 10.2. The van der Waals surface area contributed by atoms with Gasteiger partial charge in [0.15, 0.2) is 11.6 Å². The van der Waals surface area contributed by atoms with Gasteiger partial charge in [0.25, 0.3) is 0 Å². The van der Waals surface area contributed by atoms with Gasteiger partial charge in [0.05, 0.1) is 16.8 Å². The highest BCUT2D eigenvalue weighted by Gasteiger charge is 2.23. The molecule has 0 saturated heterocycles. The molecule has 3 N–H and O–H groups in total. The number of thiazole rings is 1. The van der Waals surface area contributed by atoms with E-state index < -0.39 is 0 Å². The van der Waals surface area contributed by atoms with Crippen molar-refractivity contribution >= 4 is 28.2 Å². The molecule has 0 radical (unpaired) electrons. The van der Waals surface area contributed by atoms with Crippen LogP contribution in [0.5, 0.6) is 0 Å². The van der Waals surface area contributed by atoms with Crippen LogP contribution < -0.4 is 5.84 Å². The molecule has 3 rings (SSSR count). The van der Waals surface area contributed by atoms with Gasteiger partial charge in [-0.05, 0) is 12.1 Å². The number of Topliss-reactive ketones (excluding diaryl/α,β-unsaturated/α-hetero) is 1. The molecule has 3 heterocycles. The van der Waals surface area contributed by atoms with Crippen molar-refractivity contribution in [2.75, 3.05) is 0 Å². The molecule has 3 aromatic rings. The van der Waals surface area contributed by atoms with Gasteiger partial charge >= 0.3 is 0 Å². The first-order chi connectivity index (χ1) is 11.7. The molecule has 0 aliphatic carbocycles. The predicted octanol–water partition coefficient (Wildman–Crippen LogP) is 2.87. The molecule has 0 saturated carbocycles. The molecule has 0 unspecified atom stereocenters. The third-order valence-electron chi connectivity index (χ3n) is 3.52. The van der Waals surface area contributed by atoms with E-state index >= 15 is 0 Å². The summed E-state index contributed by atoms with van der Waals surface area (Å²) >= 11 is 1.34.